The van der Waals surface area contributed by atoms with Crippen molar-refractivity contribution < 1.29 is 0 Å². The zero-order valence-corrected chi connectivity index (χ0v) is 12.4. The highest BCUT2D eigenvalue weighted by molar-refractivity contribution is 5.53. The van der Waals surface area contributed by atoms with Crippen LogP contribution in [0.25, 0.3) is 0 Å². The van der Waals surface area contributed by atoms with Gasteiger partial charge >= 0.3 is 0 Å². The molecule has 1 aromatic rings. The van der Waals surface area contributed by atoms with Gasteiger partial charge in [-0.15, -0.1) is 0 Å². The summed E-state index contributed by atoms with van der Waals surface area (Å²) in [5.74, 6) is 3.98. The third-order valence-corrected chi connectivity index (χ3v) is 5.24. The van der Waals surface area contributed by atoms with Crippen LogP contribution in [0.5, 0.6) is 0 Å². The van der Waals surface area contributed by atoms with E-state index in [1.165, 1.54) is 25.7 Å². The highest BCUT2D eigenvalue weighted by Crippen LogP contribution is 2.45. The Kier molecular flexibility index (Phi) is 3.33. The molecule has 114 valence electrons. The average molecular weight is 288 g/mol. The van der Waals surface area contributed by atoms with Gasteiger partial charge < -0.3 is 21.3 Å². The number of hydrogen-bond donors (Lipinski definition) is 3. The van der Waals surface area contributed by atoms with E-state index in [-0.39, 0.29) is 0 Å². The topological polar surface area (TPSA) is 79.1 Å². The lowest BCUT2D eigenvalue weighted by molar-refractivity contribution is 0.439. The van der Waals surface area contributed by atoms with Crippen molar-refractivity contribution in [2.75, 3.05) is 42.1 Å². The minimum atomic E-state index is 0.372. The Hall–Kier alpha value is -1.56. The zero-order chi connectivity index (χ0) is 14.2. The molecular formula is C15H24N6. The first-order valence-corrected chi connectivity index (χ1v) is 8.15. The maximum absolute atomic E-state index is 5.91. The predicted octanol–water partition coefficient (Wildman–Crippen LogP) is 1.07. The van der Waals surface area contributed by atoms with Crippen LogP contribution in [-0.4, -0.2) is 42.2 Å². The summed E-state index contributed by atoms with van der Waals surface area (Å²) in [4.78, 5) is 11.1. The van der Waals surface area contributed by atoms with Gasteiger partial charge in [0.2, 0.25) is 5.95 Å². The van der Waals surface area contributed by atoms with Gasteiger partial charge in [-0.25, -0.2) is 0 Å². The molecule has 2 aliphatic carbocycles. The van der Waals surface area contributed by atoms with Crippen molar-refractivity contribution in [3.63, 3.8) is 0 Å². The molecule has 1 aliphatic heterocycles. The summed E-state index contributed by atoms with van der Waals surface area (Å²) in [5.41, 5.74) is 5.91. The van der Waals surface area contributed by atoms with Crippen LogP contribution in [0.1, 0.15) is 25.7 Å². The van der Waals surface area contributed by atoms with Gasteiger partial charge in [0.15, 0.2) is 0 Å². The summed E-state index contributed by atoms with van der Waals surface area (Å²) in [6.07, 6.45) is 5.47. The van der Waals surface area contributed by atoms with Crippen molar-refractivity contribution in [3.8, 4) is 0 Å². The van der Waals surface area contributed by atoms with Gasteiger partial charge in [-0.2, -0.15) is 9.97 Å². The number of rotatable bonds is 3. The molecule has 4 N–H and O–H groups in total. The summed E-state index contributed by atoms with van der Waals surface area (Å²) < 4.78 is 0. The molecule has 0 amide bonds. The Bertz CT molecular complexity index is 513. The van der Waals surface area contributed by atoms with Crippen LogP contribution in [-0.2, 0) is 0 Å². The first-order chi connectivity index (χ1) is 10.3. The Labute approximate surface area is 125 Å². The second-order valence-corrected chi connectivity index (χ2v) is 6.63. The third-order valence-electron chi connectivity index (χ3n) is 5.24. The minimum absolute atomic E-state index is 0.372. The lowest BCUT2D eigenvalue weighted by Gasteiger charge is -2.29. The molecule has 1 aromatic heterocycles. The van der Waals surface area contributed by atoms with Crippen molar-refractivity contribution in [2.45, 2.75) is 31.7 Å². The Morgan fingerprint density at radius 3 is 2.76 bits per heavy atom. The number of aromatic nitrogens is 2. The van der Waals surface area contributed by atoms with E-state index in [0.29, 0.717) is 12.0 Å². The molecule has 4 rings (SSSR count). The number of nitrogens with two attached hydrogens (primary N) is 1. The standard InChI is InChI=1S/C15H24N6/c16-15-19-13(18-12-8-10-1-2-11(12)7-10)9-14(20-15)21-5-3-17-4-6-21/h9-12,17H,1-8H2,(H3,16,18,19,20). The van der Waals surface area contributed by atoms with E-state index in [1.807, 2.05) is 0 Å². The molecule has 3 aliphatic rings. The Morgan fingerprint density at radius 1 is 1.19 bits per heavy atom. The van der Waals surface area contributed by atoms with Crippen LogP contribution >= 0.6 is 0 Å². The smallest absolute Gasteiger partial charge is 0.223 e. The molecule has 6 nitrogen and oxygen atoms in total. The Morgan fingerprint density at radius 2 is 2.05 bits per heavy atom. The van der Waals surface area contributed by atoms with Gasteiger partial charge in [-0.3, -0.25) is 0 Å². The van der Waals surface area contributed by atoms with Gasteiger partial charge in [0.1, 0.15) is 11.6 Å². The molecular weight excluding hydrogens is 264 g/mol. The van der Waals surface area contributed by atoms with E-state index in [9.17, 15) is 0 Å². The van der Waals surface area contributed by atoms with Crippen LogP contribution in [0.2, 0.25) is 0 Å². The highest BCUT2D eigenvalue weighted by Gasteiger charge is 2.39. The minimum Gasteiger partial charge on any atom is -0.368 e. The number of piperazine rings is 1. The fraction of sp³-hybridized carbons (Fsp3) is 0.733. The summed E-state index contributed by atoms with van der Waals surface area (Å²) in [6.45, 7) is 3.95. The molecule has 6 heteroatoms. The fourth-order valence-electron chi connectivity index (χ4n) is 4.19. The summed E-state index contributed by atoms with van der Waals surface area (Å²) >= 11 is 0. The van der Waals surface area contributed by atoms with E-state index in [0.717, 1.165) is 49.7 Å². The van der Waals surface area contributed by atoms with Crippen molar-refractivity contribution in [1.82, 2.24) is 15.3 Å². The zero-order valence-electron chi connectivity index (χ0n) is 12.4. The van der Waals surface area contributed by atoms with Crippen LogP contribution in [0.4, 0.5) is 17.6 Å². The van der Waals surface area contributed by atoms with Crippen LogP contribution in [0, 0.1) is 11.8 Å². The number of nitrogen functional groups attached to an aromatic ring is 1. The van der Waals surface area contributed by atoms with E-state index in [1.54, 1.807) is 0 Å². The maximum atomic E-state index is 5.91. The lowest BCUT2D eigenvalue weighted by Crippen LogP contribution is -2.44. The monoisotopic (exact) mass is 288 g/mol. The quantitative estimate of drug-likeness (QED) is 0.772. The van der Waals surface area contributed by atoms with E-state index in [2.05, 4.69) is 31.6 Å². The van der Waals surface area contributed by atoms with E-state index >= 15 is 0 Å². The second-order valence-electron chi connectivity index (χ2n) is 6.63. The first kappa shape index (κ1) is 13.1. The van der Waals surface area contributed by atoms with Gasteiger partial charge in [0.05, 0.1) is 0 Å². The van der Waals surface area contributed by atoms with Crippen molar-refractivity contribution in [1.29, 1.82) is 0 Å². The highest BCUT2D eigenvalue weighted by atomic mass is 15.3. The summed E-state index contributed by atoms with van der Waals surface area (Å²) in [5, 5.41) is 6.98. The third kappa shape index (κ3) is 2.64. The van der Waals surface area contributed by atoms with Crippen LogP contribution in [0.15, 0.2) is 6.07 Å². The van der Waals surface area contributed by atoms with Crippen molar-refractivity contribution >= 4 is 17.6 Å². The second kappa shape index (κ2) is 5.33. The molecule has 2 heterocycles. The lowest BCUT2D eigenvalue weighted by atomic mass is 9.95. The maximum Gasteiger partial charge on any atom is 0.223 e. The summed E-state index contributed by atoms with van der Waals surface area (Å²) in [6, 6.07) is 2.64. The molecule has 2 bridgehead atoms. The number of hydrogen-bond acceptors (Lipinski definition) is 6. The van der Waals surface area contributed by atoms with Crippen molar-refractivity contribution in [3.05, 3.63) is 6.07 Å². The molecule has 0 radical (unpaired) electrons. The molecule has 0 spiro atoms. The molecule has 21 heavy (non-hydrogen) atoms. The predicted molar refractivity (Wildman–Crippen MR) is 84.4 cm³/mol. The van der Waals surface area contributed by atoms with E-state index < -0.39 is 0 Å². The van der Waals surface area contributed by atoms with Gasteiger partial charge in [-0.1, -0.05) is 6.42 Å². The molecule has 1 saturated heterocycles. The van der Waals surface area contributed by atoms with Gasteiger partial charge in [-0.05, 0) is 31.1 Å². The molecule has 0 aromatic carbocycles. The van der Waals surface area contributed by atoms with Gasteiger partial charge in [0, 0.05) is 38.3 Å². The number of anilines is 3. The largest absolute Gasteiger partial charge is 0.368 e. The van der Waals surface area contributed by atoms with Crippen LogP contribution < -0.4 is 21.3 Å². The number of nitrogens with zero attached hydrogens (tertiary/aromatic N) is 3. The number of fused-ring (bicyclic) bond motifs is 2. The van der Waals surface area contributed by atoms with E-state index in [4.69, 9.17) is 5.73 Å². The molecule has 3 fully saturated rings. The average Bonchev–Trinajstić information content (AvgIpc) is 3.10. The van der Waals surface area contributed by atoms with Crippen molar-refractivity contribution in [2.24, 2.45) is 11.8 Å². The normalized spacial score (nSPS) is 31.6. The molecule has 3 unspecified atom stereocenters. The molecule has 2 saturated carbocycles. The SMILES string of the molecule is Nc1nc(NC2CC3CCC2C3)cc(N2CCNCC2)n1. The first-order valence-electron chi connectivity index (χ1n) is 8.15. The molecule has 3 atom stereocenters. The summed E-state index contributed by atoms with van der Waals surface area (Å²) in [7, 11) is 0. The van der Waals surface area contributed by atoms with Gasteiger partial charge in [0.25, 0.3) is 0 Å². The number of nitrogens with one attached hydrogen (secondary N) is 2. The Balaban J connectivity index is 1.50. The fourth-order valence-corrected chi connectivity index (χ4v) is 4.19. The van der Waals surface area contributed by atoms with Crippen LogP contribution in [0.3, 0.4) is 0 Å².